The first-order chi connectivity index (χ1) is 6.58. The molecule has 3 heteroatoms. The number of hydrogen-bond donors (Lipinski definition) is 1. The summed E-state index contributed by atoms with van der Waals surface area (Å²) in [5.74, 6) is 1.52. The van der Waals surface area contributed by atoms with Gasteiger partial charge in [-0.15, -0.1) is 0 Å². The molecule has 1 amide bonds. The number of amides is 1. The molecule has 4 aliphatic carbocycles. The van der Waals surface area contributed by atoms with Crippen molar-refractivity contribution in [2.24, 2.45) is 29.4 Å². The third-order valence-electron chi connectivity index (χ3n) is 4.62. The Kier molecular flexibility index (Phi) is 1.56. The molecule has 3 unspecified atom stereocenters. The number of hydrogen-bond acceptors (Lipinski definition) is 1. The van der Waals surface area contributed by atoms with Crippen LogP contribution < -0.4 is 11.5 Å². The van der Waals surface area contributed by atoms with E-state index in [-0.39, 0.29) is 11.8 Å². The average Bonchev–Trinajstić information content (AvgIpc) is 1.97. The summed E-state index contributed by atoms with van der Waals surface area (Å²) in [6.45, 7) is 0. The molecule has 4 fully saturated rings. The molecule has 4 saturated carbocycles. The molecule has 0 aromatic rings. The molecule has 1 radical (unpaired) electrons. The monoisotopic (exact) mass is 193 g/mol. The van der Waals surface area contributed by atoms with E-state index < -0.39 is 5.54 Å². The standard InChI is InChI=1S/C11H17N2O/c12-10(14)9-8-2-6-1-7(3-8)5-11(9,13)4-6/h6-9,13H,1-5H2,(H2,12,14). The first kappa shape index (κ1) is 8.72. The van der Waals surface area contributed by atoms with Gasteiger partial charge in [-0.1, -0.05) is 0 Å². The first-order valence-corrected chi connectivity index (χ1v) is 5.63. The summed E-state index contributed by atoms with van der Waals surface area (Å²) in [4.78, 5) is 11.4. The Morgan fingerprint density at radius 1 is 1.21 bits per heavy atom. The number of rotatable bonds is 1. The molecule has 14 heavy (non-hydrogen) atoms. The van der Waals surface area contributed by atoms with Crippen LogP contribution in [0.1, 0.15) is 32.1 Å². The molecule has 0 heterocycles. The van der Waals surface area contributed by atoms with E-state index in [2.05, 4.69) is 0 Å². The van der Waals surface area contributed by atoms with Crippen molar-refractivity contribution in [3.63, 3.8) is 0 Å². The molecule has 3 N–H and O–H groups in total. The molecule has 0 saturated heterocycles. The van der Waals surface area contributed by atoms with Gasteiger partial charge in [0.05, 0.1) is 5.92 Å². The smallest absolute Gasteiger partial charge is 0.222 e. The fraction of sp³-hybridized carbons (Fsp3) is 0.909. The van der Waals surface area contributed by atoms with E-state index in [9.17, 15) is 4.79 Å². The van der Waals surface area contributed by atoms with Crippen LogP contribution in [0.5, 0.6) is 0 Å². The van der Waals surface area contributed by atoms with Gasteiger partial charge in [0.15, 0.2) is 0 Å². The third kappa shape index (κ3) is 0.991. The first-order valence-electron chi connectivity index (χ1n) is 5.63. The molecule has 0 aromatic carbocycles. The Bertz CT molecular complexity index is 275. The Labute approximate surface area is 84.2 Å². The summed E-state index contributed by atoms with van der Waals surface area (Å²) in [6, 6.07) is 0. The molecule has 3 atom stereocenters. The summed E-state index contributed by atoms with van der Waals surface area (Å²) < 4.78 is 0. The van der Waals surface area contributed by atoms with E-state index in [4.69, 9.17) is 11.5 Å². The highest BCUT2D eigenvalue weighted by Gasteiger charge is 2.57. The van der Waals surface area contributed by atoms with Crippen LogP contribution >= 0.6 is 0 Å². The number of carbonyl (C=O) groups excluding carboxylic acids is 1. The van der Waals surface area contributed by atoms with Gasteiger partial charge in [-0.05, 0) is 49.9 Å². The van der Waals surface area contributed by atoms with Crippen LogP contribution in [0.25, 0.3) is 0 Å². The van der Waals surface area contributed by atoms with Gasteiger partial charge in [-0.25, -0.2) is 0 Å². The second-order valence-corrected chi connectivity index (χ2v) is 5.64. The van der Waals surface area contributed by atoms with Gasteiger partial charge in [-0.3, -0.25) is 10.5 Å². The Morgan fingerprint density at radius 3 is 2.21 bits per heavy atom. The average molecular weight is 193 g/mol. The van der Waals surface area contributed by atoms with E-state index in [1.54, 1.807) is 0 Å². The van der Waals surface area contributed by atoms with E-state index in [0.29, 0.717) is 5.92 Å². The van der Waals surface area contributed by atoms with Crippen molar-refractivity contribution < 1.29 is 4.79 Å². The maximum absolute atomic E-state index is 11.4. The topological polar surface area (TPSA) is 66.9 Å². The van der Waals surface area contributed by atoms with E-state index in [0.717, 1.165) is 37.5 Å². The molecule has 3 nitrogen and oxygen atoms in total. The van der Waals surface area contributed by atoms with Gasteiger partial charge in [0, 0.05) is 5.54 Å². The zero-order valence-corrected chi connectivity index (χ0v) is 8.33. The van der Waals surface area contributed by atoms with Crippen molar-refractivity contribution in [2.75, 3.05) is 0 Å². The van der Waals surface area contributed by atoms with Gasteiger partial charge in [0.25, 0.3) is 0 Å². The lowest BCUT2D eigenvalue weighted by molar-refractivity contribution is -0.137. The van der Waals surface area contributed by atoms with Crippen molar-refractivity contribution in [2.45, 2.75) is 37.6 Å². The summed E-state index contributed by atoms with van der Waals surface area (Å²) in [5.41, 5.74) is 13.4. The molecule has 4 aliphatic rings. The lowest BCUT2D eigenvalue weighted by atomic mass is 9.48. The zero-order chi connectivity index (χ0) is 9.92. The number of primary amides is 1. The van der Waals surface area contributed by atoms with Crippen molar-refractivity contribution in [1.82, 2.24) is 5.73 Å². The maximum Gasteiger partial charge on any atom is 0.222 e. The fourth-order valence-electron chi connectivity index (χ4n) is 4.55. The van der Waals surface area contributed by atoms with E-state index in [1.807, 2.05) is 0 Å². The lowest BCUT2D eigenvalue weighted by Gasteiger charge is -2.58. The normalized spacial score (nSPS) is 54.9. The lowest BCUT2D eigenvalue weighted by Crippen LogP contribution is -2.61. The highest BCUT2D eigenvalue weighted by Crippen LogP contribution is 2.57. The Hall–Kier alpha value is -0.570. The van der Waals surface area contributed by atoms with Crippen molar-refractivity contribution in [3.05, 3.63) is 0 Å². The zero-order valence-electron chi connectivity index (χ0n) is 8.33. The Balaban J connectivity index is 1.97. The van der Waals surface area contributed by atoms with Gasteiger partial charge >= 0.3 is 0 Å². The minimum atomic E-state index is -0.486. The fourth-order valence-corrected chi connectivity index (χ4v) is 4.55. The summed E-state index contributed by atoms with van der Waals surface area (Å²) >= 11 is 0. The summed E-state index contributed by atoms with van der Waals surface area (Å²) in [6.07, 6.45) is 5.47. The molecule has 0 aliphatic heterocycles. The van der Waals surface area contributed by atoms with Gasteiger partial charge in [0.1, 0.15) is 0 Å². The van der Waals surface area contributed by atoms with Crippen LogP contribution in [0.3, 0.4) is 0 Å². The van der Waals surface area contributed by atoms with E-state index in [1.165, 1.54) is 6.42 Å². The second-order valence-electron chi connectivity index (χ2n) is 5.64. The third-order valence-corrected chi connectivity index (χ3v) is 4.62. The second kappa shape index (κ2) is 2.51. The molecule has 0 aromatic heterocycles. The predicted octanol–water partition coefficient (Wildman–Crippen LogP) is 0.950. The minimum Gasteiger partial charge on any atom is -0.369 e. The molecule has 4 rings (SSSR count). The largest absolute Gasteiger partial charge is 0.369 e. The highest BCUT2D eigenvalue weighted by atomic mass is 16.1. The van der Waals surface area contributed by atoms with Crippen LogP contribution in [0, 0.1) is 23.7 Å². The van der Waals surface area contributed by atoms with Crippen LogP contribution in [0.2, 0.25) is 0 Å². The van der Waals surface area contributed by atoms with Crippen LogP contribution in [-0.2, 0) is 4.79 Å². The molecular formula is C11H17N2O. The van der Waals surface area contributed by atoms with Crippen molar-refractivity contribution >= 4 is 5.91 Å². The summed E-state index contributed by atoms with van der Waals surface area (Å²) in [5, 5.41) is 0. The van der Waals surface area contributed by atoms with Gasteiger partial charge < -0.3 is 5.73 Å². The highest BCUT2D eigenvalue weighted by molar-refractivity contribution is 5.79. The molecule has 4 bridgehead atoms. The van der Waals surface area contributed by atoms with Crippen LogP contribution in [0.4, 0.5) is 0 Å². The Morgan fingerprint density at radius 2 is 1.79 bits per heavy atom. The molecule has 77 valence electrons. The van der Waals surface area contributed by atoms with Gasteiger partial charge in [0.2, 0.25) is 5.91 Å². The van der Waals surface area contributed by atoms with Crippen molar-refractivity contribution in [1.29, 1.82) is 0 Å². The molecular weight excluding hydrogens is 176 g/mol. The minimum absolute atomic E-state index is 0.143. The molecule has 0 spiro atoms. The van der Waals surface area contributed by atoms with Crippen LogP contribution in [0.15, 0.2) is 0 Å². The quantitative estimate of drug-likeness (QED) is 0.662. The van der Waals surface area contributed by atoms with E-state index >= 15 is 0 Å². The van der Waals surface area contributed by atoms with Gasteiger partial charge in [-0.2, -0.15) is 0 Å². The predicted molar refractivity (Wildman–Crippen MR) is 52.1 cm³/mol. The summed E-state index contributed by atoms with van der Waals surface area (Å²) in [7, 11) is 0. The van der Waals surface area contributed by atoms with Crippen molar-refractivity contribution in [3.8, 4) is 0 Å². The number of nitrogens with two attached hydrogens (primary N) is 1. The van der Waals surface area contributed by atoms with Crippen LogP contribution in [-0.4, -0.2) is 11.4 Å². The SMILES string of the molecule is [NH]C12CC3CC(CC(C3)C1C(N)=O)C2. The number of carbonyl (C=O) groups is 1. The maximum atomic E-state index is 11.4. The number of nitrogens with one attached hydrogen (secondary N) is 1.